The van der Waals surface area contributed by atoms with Gasteiger partial charge in [-0.25, -0.2) is 0 Å². The average Bonchev–Trinajstić information content (AvgIpc) is 2.73. The first-order valence-corrected chi connectivity index (χ1v) is 7.99. The zero-order chi connectivity index (χ0) is 17.2. The molecule has 1 amide bonds. The van der Waals surface area contributed by atoms with Crippen LogP contribution in [-0.4, -0.2) is 98.3 Å². The van der Waals surface area contributed by atoms with E-state index in [0.717, 1.165) is 6.54 Å². The molecule has 1 saturated heterocycles. The lowest BCUT2D eigenvalue weighted by atomic mass is 10.1. The quantitative estimate of drug-likeness (QED) is 0.632. The van der Waals surface area contributed by atoms with Crippen molar-refractivity contribution in [3.8, 4) is 0 Å². The van der Waals surface area contributed by atoms with Crippen LogP contribution in [0.2, 0.25) is 0 Å². The van der Waals surface area contributed by atoms with Crippen LogP contribution >= 0.6 is 0 Å². The van der Waals surface area contributed by atoms with Gasteiger partial charge in [0.05, 0.1) is 19.1 Å². The molecule has 132 valence electrons. The number of likely N-dealkylation sites (N-methyl/N-ethyl adjacent to an activating group) is 1. The van der Waals surface area contributed by atoms with Crippen molar-refractivity contribution in [2.75, 3.05) is 66.6 Å². The maximum absolute atomic E-state index is 12.4. The van der Waals surface area contributed by atoms with Crippen LogP contribution in [-0.2, 0) is 14.3 Å². The summed E-state index contributed by atoms with van der Waals surface area (Å²) in [7, 11) is 3.49. The third kappa shape index (κ3) is 7.11. The molecule has 1 atom stereocenters. The number of ether oxygens (including phenoxy) is 1. The van der Waals surface area contributed by atoms with Gasteiger partial charge in [-0.05, 0) is 14.0 Å². The normalized spacial score (nSPS) is 20.2. The number of rotatable bonds is 8. The van der Waals surface area contributed by atoms with Gasteiger partial charge in [-0.2, -0.15) is 0 Å². The first-order valence-electron chi connectivity index (χ1n) is 7.99. The number of carbonyl (C=O) groups excluding carboxylic acids is 1. The second kappa shape index (κ2) is 10.4. The van der Waals surface area contributed by atoms with Gasteiger partial charge in [-0.3, -0.25) is 19.4 Å². The third-order valence-corrected chi connectivity index (χ3v) is 3.99. The van der Waals surface area contributed by atoms with E-state index in [9.17, 15) is 14.7 Å². The van der Waals surface area contributed by atoms with E-state index in [-0.39, 0.29) is 19.0 Å². The Kier molecular flexibility index (Phi) is 8.83. The summed E-state index contributed by atoms with van der Waals surface area (Å²) in [6.45, 7) is 6.20. The van der Waals surface area contributed by atoms with Crippen molar-refractivity contribution in [1.82, 2.24) is 14.7 Å². The van der Waals surface area contributed by atoms with E-state index in [1.54, 1.807) is 12.0 Å². The summed E-state index contributed by atoms with van der Waals surface area (Å²) in [5.74, 6) is -1.42. The molecule has 1 rings (SSSR count). The summed E-state index contributed by atoms with van der Waals surface area (Å²) >= 11 is 0. The second-order valence-electron chi connectivity index (χ2n) is 5.93. The average molecular weight is 327 g/mol. The highest BCUT2D eigenvalue weighted by molar-refractivity contribution is 5.79. The zero-order valence-electron chi connectivity index (χ0n) is 14.4. The number of hydrogen-bond donors (Lipinski definition) is 1. The van der Waals surface area contributed by atoms with Crippen LogP contribution in [0.3, 0.4) is 0 Å². The number of allylic oxidation sites excluding steroid dienone is 1. The van der Waals surface area contributed by atoms with Crippen molar-refractivity contribution >= 4 is 11.9 Å². The van der Waals surface area contributed by atoms with Gasteiger partial charge in [0.15, 0.2) is 0 Å². The smallest absolute Gasteiger partial charge is 0.309 e. The maximum Gasteiger partial charge on any atom is 0.309 e. The van der Waals surface area contributed by atoms with Gasteiger partial charge in [-0.1, -0.05) is 12.2 Å². The Balaban J connectivity index is 2.63. The van der Waals surface area contributed by atoms with Crippen LogP contribution in [0.15, 0.2) is 12.2 Å². The monoisotopic (exact) mass is 327 g/mol. The summed E-state index contributed by atoms with van der Waals surface area (Å²) < 4.78 is 5.00. The molecule has 0 radical (unpaired) electrons. The SMILES string of the molecule is C/C=C/CN1CCN(C(=O)CN(C)CCOC)CC(C(=O)O)C1. The number of methoxy groups -OCH3 is 1. The molecule has 23 heavy (non-hydrogen) atoms. The summed E-state index contributed by atoms with van der Waals surface area (Å²) in [4.78, 5) is 29.5. The van der Waals surface area contributed by atoms with Crippen molar-refractivity contribution in [2.24, 2.45) is 5.92 Å². The number of hydrogen-bond acceptors (Lipinski definition) is 5. The van der Waals surface area contributed by atoms with E-state index in [2.05, 4.69) is 4.90 Å². The molecule has 1 N–H and O–H groups in total. The van der Waals surface area contributed by atoms with E-state index in [0.29, 0.717) is 32.8 Å². The molecular formula is C16H29N3O4. The standard InChI is InChI=1S/C16H29N3O4/c1-4-5-6-18-7-8-19(12-14(11-18)16(21)22)15(20)13-17(2)9-10-23-3/h4-5,14H,6-13H2,1-3H3,(H,21,22)/b5-4+. The van der Waals surface area contributed by atoms with Crippen LogP contribution in [0.1, 0.15) is 6.92 Å². The summed E-state index contributed by atoms with van der Waals surface area (Å²) in [6, 6.07) is 0. The zero-order valence-corrected chi connectivity index (χ0v) is 14.4. The Morgan fingerprint density at radius 2 is 2.09 bits per heavy atom. The Hall–Kier alpha value is -1.44. The molecule has 1 aliphatic heterocycles. The van der Waals surface area contributed by atoms with E-state index >= 15 is 0 Å². The van der Waals surface area contributed by atoms with Gasteiger partial charge < -0.3 is 14.7 Å². The second-order valence-corrected chi connectivity index (χ2v) is 5.93. The molecule has 0 bridgehead atoms. The topological polar surface area (TPSA) is 73.3 Å². The van der Waals surface area contributed by atoms with E-state index < -0.39 is 11.9 Å². The van der Waals surface area contributed by atoms with Gasteiger partial charge in [-0.15, -0.1) is 0 Å². The van der Waals surface area contributed by atoms with E-state index in [1.165, 1.54) is 0 Å². The molecule has 0 aromatic rings. The van der Waals surface area contributed by atoms with Crippen molar-refractivity contribution in [3.05, 3.63) is 12.2 Å². The molecule has 7 heteroatoms. The van der Waals surface area contributed by atoms with Crippen LogP contribution < -0.4 is 0 Å². The largest absolute Gasteiger partial charge is 0.481 e. The first-order chi connectivity index (χ1) is 11.0. The van der Waals surface area contributed by atoms with Gasteiger partial charge in [0.2, 0.25) is 5.91 Å². The summed E-state index contributed by atoms with van der Waals surface area (Å²) in [6.07, 6.45) is 3.96. The fraction of sp³-hybridized carbons (Fsp3) is 0.750. The van der Waals surface area contributed by atoms with Gasteiger partial charge in [0, 0.05) is 46.4 Å². The summed E-state index contributed by atoms with van der Waals surface area (Å²) in [5.41, 5.74) is 0. The molecule has 0 saturated carbocycles. The highest BCUT2D eigenvalue weighted by Gasteiger charge is 2.29. The molecule has 1 heterocycles. The lowest BCUT2D eigenvalue weighted by molar-refractivity contribution is -0.143. The van der Waals surface area contributed by atoms with Crippen LogP contribution in [0.25, 0.3) is 0 Å². The van der Waals surface area contributed by atoms with Crippen LogP contribution in [0, 0.1) is 5.92 Å². The van der Waals surface area contributed by atoms with Crippen molar-refractivity contribution in [2.45, 2.75) is 6.92 Å². The Bertz CT molecular complexity index is 414. The van der Waals surface area contributed by atoms with Gasteiger partial charge in [0.1, 0.15) is 0 Å². The fourth-order valence-corrected chi connectivity index (χ4v) is 2.54. The number of nitrogens with zero attached hydrogens (tertiary/aromatic N) is 3. The number of amides is 1. The van der Waals surface area contributed by atoms with Crippen molar-refractivity contribution in [3.63, 3.8) is 0 Å². The fourth-order valence-electron chi connectivity index (χ4n) is 2.54. The third-order valence-electron chi connectivity index (χ3n) is 3.99. The Labute approximate surface area is 138 Å². The maximum atomic E-state index is 12.4. The van der Waals surface area contributed by atoms with Crippen LogP contribution in [0.4, 0.5) is 0 Å². The first kappa shape index (κ1) is 19.6. The number of carboxylic acids is 1. The van der Waals surface area contributed by atoms with E-state index in [1.807, 2.05) is 31.0 Å². The van der Waals surface area contributed by atoms with Crippen LogP contribution in [0.5, 0.6) is 0 Å². The number of aliphatic carboxylic acids is 1. The minimum absolute atomic E-state index is 0.0252. The minimum atomic E-state index is -0.845. The van der Waals surface area contributed by atoms with Gasteiger partial charge >= 0.3 is 5.97 Å². The lowest BCUT2D eigenvalue weighted by Crippen LogP contribution is -2.43. The lowest BCUT2D eigenvalue weighted by Gasteiger charge is -2.25. The molecular weight excluding hydrogens is 298 g/mol. The Morgan fingerprint density at radius 1 is 1.35 bits per heavy atom. The predicted octanol–water partition coefficient (Wildman–Crippen LogP) is -0.0143. The number of carboxylic acid groups (broad SMARTS) is 1. The Morgan fingerprint density at radius 3 is 2.70 bits per heavy atom. The van der Waals surface area contributed by atoms with Crippen molar-refractivity contribution in [1.29, 1.82) is 0 Å². The molecule has 0 aromatic carbocycles. The molecule has 1 unspecified atom stereocenters. The molecule has 1 aliphatic rings. The molecule has 0 spiro atoms. The van der Waals surface area contributed by atoms with Crippen molar-refractivity contribution < 1.29 is 19.4 Å². The van der Waals surface area contributed by atoms with Gasteiger partial charge in [0.25, 0.3) is 0 Å². The molecule has 0 aromatic heterocycles. The highest BCUT2D eigenvalue weighted by Crippen LogP contribution is 2.11. The minimum Gasteiger partial charge on any atom is -0.481 e. The molecule has 0 aliphatic carbocycles. The van der Waals surface area contributed by atoms with E-state index in [4.69, 9.17) is 4.74 Å². The number of carbonyl (C=O) groups is 2. The highest BCUT2D eigenvalue weighted by atomic mass is 16.5. The molecule has 1 fully saturated rings. The predicted molar refractivity (Wildman–Crippen MR) is 88.3 cm³/mol. The molecule has 7 nitrogen and oxygen atoms in total. The summed E-state index contributed by atoms with van der Waals surface area (Å²) in [5, 5.41) is 9.39.